The lowest BCUT2D eigenvalue weighted by molar-refractivity contribution is 0.632. The minimum Gasteiger partial charge on any atom is -0.310 e. The van der Waals surface area contributed by atoms with Crippen molar-refractivity contribution in [2.45, 2.75) is 38.5 Å². The van der Waals surface area contributed by atoms with Gasteiger partial charge in [0.05, 0.1) is 34.5 Å². The molecule has 0 amide bonds. The summed E-state index contributed by atoms with van der Waals surface area (Å²) in [6, 6.07) is 45.6. The van der Waals surface area contributed by atoms with E-state index in [1.165, 1.54) is 50.3 Å². The Kier molecular flexibility index (Phi) is 6.01. The molecule has 222 valence electrons. The fraction of sp³-hybridized carbons (Fsp3) is 0.143. The van der Waals surface area contributed by atoms with Crippen molar-refractivity contribution in [2.75, 3.05) is 4.90 Å². The molecule has 4 heteroatoms. The van der Waals surface area contributed by atoms with Gasteiger partial charge in [0.1, 0.15) is 0 Å². The molecule has 1 aliphatic carbocycles. The van der Waals surface area contributed by atoms with Crippen molar-refractivity contribution in [3.63, 3.8) is 0 Å². The van der Waals surface area contributed by atoms with Crippen LogP contribution in [0, 0.1) is 0 Å². The van der Waals surface area contributed by atoms with Crippen molar-refractivity contribution in [1.82, 2.24) is 14.5 Å². The van der Waals surface area contributed by atoms with Crippen LogP contribution in [0.1, 0.15) is 42.7 Å². The normalized spacial score (nSPS) is 14.6. The third kappa shape index (κ3) is 3.99. The first-order chi connectivity index (χ1) is 22.6. The minimum atomic E-state index is -0.0852. The Bertz CT molecular complexity index is 2210. The highest BCUT2D eigenvalue weighted by atomic mass is 15.2. The molecule has 4 nitrogen and oxygen atoms in total. The van der Waals surface area contributed by atoms with Gasteiger partial charge in [0, 0.05) is 33.3 Å². The van der Waals surface area contributed by atoms with Crippen molar-refractivity contribution in [1.29, 1.82) is 0 Å². The Balaban J connectivity index is 1.26. The monoisotopic (exact) mass is 594 g/mol. The molecular weight excluding hydrogens is 560 g/mol. The van der Waals surface area contributed by atoms with E-state index in [4.69, 9.17) is 9.97 Å². The average Bonchev–Trinajstić information content (AvgIpc) is 3.70. The standard InChI is InChI=1S/C42H34N4/c1-42(2)33-19-9-11-21-37(33)45(38-22-12-10-20-34(38)42)30-24-25-36-32(26-30)31-18-13-23-35(31)46(36)39-27-43-41(29-16-7-4-8-17-29)44-40(39)28-14-5-3-6-15-28/h3-12,14-17,19-22,24-27H,13,18,23H2,1-2H3. The highest BCUT2D eigenvalue weighted by Crippen LogP contribution is 2.52. The molecule has 46 heavy (non-hydrogen) atoms. The fourth-order valence-corrected chi connectivity index (χ4v) is 7.81. The number of hydrogen-bond acceptors (Lipinski definition) is 3. The first-order valence-electron chi connectivity index (χ1n) is 16.2. The number of hydrogen-bond donors (Lipinski definition) is 0. The van der Waals surface area contributed by atoms with Gasteiger partial charge in [-0.25, -0.2) is 9.97 Å². The highest BCUT2D eigenvalue weighted by Gasteiger charge is 2.36. The van der Waals surface area contributed by atoms with Crippen LogP contribution in [0.25, 0.3) is 39.2 Å². The number of anilines is 3. The maximum absolute atomic E-state index is 5.22. The van der Waals surface area contributed by atoms with Crippen LogP contribution in [0.2, 0.25) is 0 Å². The predicted molar refractivity (Wildman–Crippen MR) is 189 cm³/mol. The summed E-state index contributed by atoms with van der Waals surface area (Å²) in [4.78, 5) is 12.6. The predicted octanol–water partition coefficient (Wildman–Crippen LogP) is 10.4. The van der Waals surface area contributed by atoms with Crippen LogP contribution < -0.4 is 4.90 Å². The van der Waals surface area contributed by atoms with Gasteiger partial charge in [-0.1, -0.05) is 111 Å². The van der Waals surface area contributed by atoms with E-state index in [9.17, 15) is 0 Å². The molecule has 0 saturated carbocycles. The molecule has 2 aliphatic rings. The Labute approximate surface area is 269 Å². The molecule has 0 fully saturated rings. The van der Waals surface area contributed by atoms with E-state index >= 15 is 0 Å². The van der Waals surface area contributed by atoms with Gasteiger partial charge < -0.3 is 9.47 Å². The van der Waals surface area contributed by atoms with Crippen LogP contribution in [0.5, 0.6) is 0 Å². The molecule has 2 aromatic heterocycles. The zero-order valence-electron chi connectivity index (χ0n) is 26.1. The highest BCUT2D eigenvalue weighted by molar-refractivity contribution is 5.95. The fourth-order valence-electron chi connectivity index (χ4n) is 7.81. The zero-order chi connectivity index (χ0) is 30.8. The molecule has 0 saturated heterocycles. The molecule has 1 aliphatic heterocycles. The Morgan fingerprint density at radius 3 is 1.96 bits per heavy atom. The largest absolute Gasteiger partial charge is 0.310 e. The van der Waals surface area contributed by atoms with Gasteiger partial charge in [-0.05, 0) is 66.3 Å². The number of fused-ring (bicyclic) bond motifs is 5. The van der Waals surface area contributed by atoms with E-state index in [2.05, 4.69) is 133 Å². The number of para-hydroxylation sites is 2. The van der Waals surface area contributed by atoms with Crippen LogP contribution in [0.3, 0.4) is 0 Å². The summed E-state index contributed by atoms with van der Waals surface area (Å²) in [5.74, 6) is 0.740. The molecule has 3 heterocycles. The summed E-state index contributed by atoms with van der Waals surface area (Å²) in [6.07, 6.45) is 5.30. The van der Waals surface area contributed by atoms with Crippen molar-refractivity contribution >= 4 is 28.0 Å². The van der Waals surface area contributed by atoms with E-state index in [0.717, 1.165) is 47.6 Å². The lowest BCUT2D eigenvalue weighted by Crippen LogP contribution is -2.30. The summed E-state index contributed by atoms with van der Waals surface area (Å²) in [5.41, 5.74) is 14.4. The quantitative estimate of drug-likeness (QED) is 0.203. The minimum absolute atomic E-state index is 0.0852. The smallest absolute Gasteiger partial charge is 0.159 e. The maximum Gasteiger partial charge on any atom is 0.159 e. The molecule has 0 bridgehead atoms. The number of nitrogens with zero attached hydrogens (tertiary/aromatic N) is 4. The van der Waals surface area contributed by atoms with Crippen LogP contribution in [0.4, 0.5) is 17.1 Å². The van der Waals surface area contributed by atoms with Crippen molar-refractivity contribution < 1.29 is 0 Å². The molecule has 0 unspecified atom stereocenters. The van der Waals surface area contributed by atoms with Crippen LogP contribution in [-0.2, 0) is 18.3 Å². The van der Waals surface area contributed by atoms with E-state index in [0.29, 0.717) is 0 Å². The molecule has 7 aromatic rings. The van der Waals surface area contributed by atoms with E-state index < -0.39 is 0 Å². The Morgan fingerprint density at radius 2 is 1.26 bits per heavy atom. The second-order valence-electron chi connectivity index (χ2n) is 13.0. The molecular formula is C42H34N4. The zero-order valence-corrected chi connectivity index (χ0v) is 26.1. The lowest BCUT2D eigenvalue weighted by atomic mass is 9.73. The molecule has 0 radical (unpaired) electrons. The topological polar surface area (TPSA) is 34.0 Å². The summed E-state index contributed by atoms with van der Waals surface area (Å²) >= 11 is 0. The summed E-state index contributed by atoms with van der Waals surface area (Å²) in [7, 11) is 0. The van der Waals surface area contributed by atoms with Crippen LogP contribution in [-0.4, -0.2) is 14.5 Å². The van der Waals surface area contributed by atoms with Gasteiger partial charge in [-0.3, -0.25) is 0 Å². The average molecular weight is 595 g/mol. The first-order valence-corrected chi connectivity index (χ1v) is 16.2. The van der Waals surface area contributed by atoms with Crippen molar-refractivity contribution in [3.05, 3.63) is 156 Å². The van der Waals surface area contributed by atoms with Gasteiger partial charge in [-0.15, -0.1) is 0 Å². The van der Waals surface area contributed by atoms with Crippen LogP contribution in [0.15, 0.2) is 134 Å². The van der Waals surface area contributed by atoms with E-state index in [-0.39, 0.29) is 5.41 Å². The molecule has 9 rings (SSSR count). The SMILES string of the molecule is CC1(C)c2ccccc2N(c2ccc3c(c2)c2c(n3-c3cnc(-c4ccccc4)nc3-c3ccccc3)CCC2)c2ccccc21. The van der Waals surface area contributed by atoms with E-state index in [1.807, 2.05) is 24.4 Å². The van der Waals surface area contributed by atoms with Gasteiger partial charge in [-0.2, -0.15) is 0 Å². The molecule has 0 atom stereocenters. The van der Waals surface area contributed by atoms with Crippen molar-refractivity contribution in [2.24, 2.45) is 0 Å². The first kappa shape index (κ1) is 26.9. The Hall–Kier alpha value is -5.48. The Morgan fingerprint density at radius 1 is 0.630 bits per heavy atom. The molecule has 0 spiro atoms. The summed E-state index contributed by atoms with van der Waals surface area (Å²) in [5, 5.41) is 1.32. The van der Waals surface area contributed by atoms with Crippen molar-refractivity contribution in [3.8, 4) is 28.3 Å². The summed E-state index contributed by atoms with van der Waals surface area (Å²) in [6.45, 7) is 4.68. The number of benzene rings is 5. The van der Waals surface area contributed by atoms with E-state index in [1.54, 1.807) is 0 Å². The van der Waals surface area contributed by atoms with Crippen LogP contribution >= 0.6 is 0 Å². The third-order valence-corrected chi connectivity index (χ3v) is 9.99. The molecule has 0 N–H and O–H groups in total. The van der Waals surface area contributed by atoms with Gasteiger partial charge in [0.2, 0.25) is 0 Å². The molecule has 5 aromatic carbocycles. The van der Waals surface area contributed by atoms with Gasteiger partial charge in [0.25, 0.3) is 0 Å². The van der Waals surface area contributed by atoms with Gasteiger partial charge in [0.15, 0.2) is 5.82 Å². The maximum atomic E-state index is 5.22. The summed E-state index contributed by atoms with van der Waals surface area (Å²) < 4.78 is 2.44. The second-order valence-corrected chi connectivity index (χ2v) is 13.0. The number of aromatic nitrogens is 3. The lowest BCUT2D eigenvalue weighted by Gasteiger charge is -2.42. The number of rotatable bonds is 4. The third-order valence-electron chi connectivity index (χ3n) is 9.99. The number of aryl methyl sites for hydroxylation is 1. The van der Waals surface area contributed by atoms with Gasteiger partial charge >= 0.3 is 0 Å². The second kappa shape index (κ2) is 10.3.